The summed E-state index contributed by atoms with van der Waals surface area (Å²) in [5.41, 5.74) is 2.02. The zero-order valence-corrected chi connectivity index (χ0v) is 15.7. The number of rotatable bonds is 10. The molecule has 0 spiro atoms. The van der Waals surface area contributed by atoms with E-state index in [1.165, 1.54) is 12.1 Å². The fourth-order valence-electron chi connectivity index (χ4n) is 2.67. The minimum Gasteiger partial charge on any atom is -0.478 e. The van der Waals surface area contributed by atoms with Gasteiger partial charge in [0.1, 0.15) is 5.75 Å². The zero-order valence-electron chi connectivity index (χ0n) is 14.9. The second-order valence-electron chi connectivity index (χ2n) is 6.29. The van der Waals surface area contributed by atoms with Gasteiger partial charge >= 0.3 is 5.97 Å². The summed E-state index contributed by atoms with van der Waals surface area (Å²) >= 11 is 0. The molecule has 2 aromatic rings. The number of carboxylic acids is 1. The van der Waals surface area contributed by atoms with E-state index in [2.05, 4.69) is 5.32 Å². The summed E-state index contributed by atoms with van der Waals surface area (Å²) in [5.74, 6) is -2.11. The van der Waals surface area contributed by atoms with Gasteiger partial charge in [-0.25, -0.2) is 13.2 Å². The van der Waals surface area contributed by atoms with Crippen LogP contribution in [0.15, 0.2) is 54.6 Å². The average Bonchev–Trinajstić information content (AvgIpc) is 2.62. The Kier molecular flexibility index (Phi) is 7.55. The predicted molar refractivity (Wildman–Crippen MR) is 104 cm³/mol. The number of hydrogen-bond donors (Lipinski definition) is 2. The van der Waals surface area contributed by atoms with Gasteiger partial charge in [-0.1, -0.05) is 42.5 Å². The third-order valence-electron chi connectivity index (χ3n) is 4.02. The van der Waals surface area contributed by atoms with E-state index < -0.39 is 27.5 Å². The van der Waals surface area contributed by atoms with Gasteiger partial charge in [-0.05, 0) is 42.5 Å². The first-order chi connectivity index (χ1) is 12.9. The third-order valence-corrected chi connectivity index (χ3v) is 5.64. The molecule has 0 bridgehead atoms. The minimum absolute atomic E-state index is 0.0318. The summed E-state index contributed by atoms with van der Waals surface area (Å²) in [6, 6.07) is 16.0. The van der Waals surface area contributed by atoms with E-state index in [4.69, 9.17) is 5.11 Å². The molecule has 2 N–H and O–H groups in total. The Bertz CT molecular complexity index is 878. The Morgan fingerprint density at radius 1 is 0.926 bits per heavy atom. The van der Waals surface area contributed by atoms with Gasteiger partial charge in [-0.3, -0.25) is 4.79 Å². The van der Waals surface area contributed by atoms with Crippen molar-refractivity contribution in [1.82, 2.24) is 5.32 Å². The molecule has 0 aromatic heterocycles. The van der Waals surface area contributed by atoms with Crippen LogP contribution < -0.4 is 5.32 Å². The lowest BCUT2D eigenvalue weighted by Gasteiger charge is -2.07. The summed E-state index contributed by atoms with van der Waals surface area (Å²) < 4.78 is 24.1. The van der Waals surface area contributed by atoms with Crippen LogP contribution in [0, 0.1) is 0 Å². The van der Waals surface area contributed by atoms with Crippen molar-refractivity contribution in [3.05, 3.63) is 71.3 Å². The fraction of sp³-hybridized carbons (Fsp3) is 0.300. The first-order valence-corrected chi connectivity index (χ1v) is 10.5. The van der Waals surface area contributed by atoms with Crippen molar-refractivity contribution in [3.8, 4) is 0 Å². The molecule has 0 aliphatic rings. The van der Waals surface area contributed by atoms with Crippen molar-refractivity contribution in [2.45, 2.75) is 19.3 Å². The monoisotopic (exact) mass is 389 g/mol. The number of carbonyl (C=O) groups is 2. The Labute approximate surface area is 159 Å². The number of amides is 1. The second-order valence-corrected chi connectivity index (χ2v) is 8.47. The van der Waals surface area contributed by atoms with Crippen LogP contribution in [0.4, 0.5) is 0 Å². The van der Waals surface area contributed by atoms with Gasteiger partial charge in [0.2, 0.25) is 5.91 Å². The highest BCUT2D eigenvalue weighted by molar-refractivity contribution is 7.92. The van der Waals surface area contributed by atoms with Crippen LogP contribution in [0.25, 0.3) is 0 Å². The van der Waals surface area contributed by atoms with Crippen molar-refractivity contribution < 1.29 is 23.1 Å². The largest absolute Gasteiger partial charge is 0.478 e. The van der Waals surface area contributed by atoms with Crippen molar-refractivity contribution in [2.24, 2.45) is 0 Å². The van der Waals surface area contributed by atoms with Gasteiger partial charge in [0, 0.05) is 6.54 Å². The molecule has 1 amide bonds. The maximum absolute atomic E-state index is 12.1. The summed E-state index contributed by atoms with van der Waals surface area (Å²) in [5, 5.41) is 11.5. The Balaban J connectivity index is 1.72. The third kappa shape index (κ3) is 7.62. The van der Waals surface area contributed by atoms with Crippen LogP contribution in [0.3, 0.4) is 0 Å². The topological polar surface area (TPSA) is 101 Å². The van der Waals surface area contributed by atoms with Crippen LogP contribution in [0.5, 0.6) is 0 Å². The highest BCUT2D eigenvalue weighted by Crippen LogP contribution is 2.06. The number of aromatic carboxylic acids is 1. The molecule has 0 atom stereocenters. The predicted octanol–water partition coefficient (Wildman–Crippen LogP) is 2.09. The molecule has 0 saturated carbocycles. The van der Waals surface area contributed by atoms with Crippen molar-refractivity contribution in [2.75, 3.05) is 18.1 Å². The van der Waals surface area contributed by atoms with Crippen LogP contribution in [-0.2, 0) is 27.5 Å². The van der Waals surface area contributed by atoms with Crippen molar-refractivity contribution in [1.29, 1.82) is 0 Å². The average molecular weight is 389 g/mol. The molecular formula is C20H23NO5S. The van der Waals surface area contributed by atoms with E-state index >= 15 is 0 Å². The molecule has 6 nitrogen and oxygen atoms in total. The van der Waals surface area contributed by atoms with E-state index in [1.807, 2.05) is 30.3 Å². The summed E-state index contributed by atoms with van der Waals surface area (Å²) in [6.45, 7) is 0.251. The van der Waals surface area contributed by atoms with Gasteiger partial charge in [-0.15, -0.1) is 0 Å². The second kappa shape index (κ2) is 9.87. The maximum Gasteiger partial charge on any atom is 0.335 e. The highest BCUT2D eigenvalue weighted by Gasteiger charge is 2.16. The van der Waals surface area contributed by atoms with Crippen LogP contribution in [0.2, 0.25) is 0 Å². The Hall–Kier alpha value is -2.67. The van der Waals surface area contributed by atoms with Gasteiger partial charge in [0.25, 0.3) is 0 Å². The quantitative estimate of drug-likeness (QED) is 0.648. The standard InChI is InChI=1S/C20H23NO5S/c22-19(21-12-11-17-8-4-10-18(14-17)20(23)24)15-27(25,26)13-5-9-16-6-2-1-3-7-16/h1-4,6-8,10,14H,5,9,11-13,15H2,(H,21,22)(H,23,24). The number of aryl methyl sites for hydroxylation is 1. The van der Waals surface area contributed by atoms with Crippen LogP contribution >= 0.6 is 0 Å². The van der Waals surface area contributed by atoms with Gasteiger partial charge in [-0.2, -0.15) is 0 Å². The van der Waals surface area contributed by atoms with Gasteiger partial charge in [0.15, 0.2) is 9.84 Å². The summed E-state index contributed by atoms with van der Waals surface area (Å²) in [4.78, 5) is 22.8. The van der Waals surface area contributed by atoms with Crippen molar-refractivity contribution in [3.63, 3.8) is 0 Å². The molecule has 27 heavy (non-hydrogen) atoms. The van der Waals surface area contributed by atoms with Crippen LogP contribution in [0.1, 0.15) is 27.9 Å². The molecule has 0 aliphatic heterocycles. The highest BCUT2D eigenvalue weighted by atomic mass is 32.2. The first kappa shape index (κ1) is 20.6. The lowest BCUT2D eigenvalue weighted by Crippen LogP contribution is -2.32. The van der Waals surface area contributed by atoms with E-state index in [-0.39, 0.29) is 17.9 Å². The summed E-state index contributed by atoms with van der Waals surface area (Å²) in [7, 11) is -3.45. The van der Waals surface area contributed by atoms with Crippen LogP contribution in [-0.4, -0.2) is 43.5 Å². The van der Waals surface area contributed by atoms with E-state index in [9.17, 15) is 18.0 Å². The molecule has 7 heteroatoms. The molecule has 0 aliphatic carbocycles. The molecule has 0 saturated heterocycles. The number of hydrogen-bond acceptors (Lipinski definition) is 4. The maximum atomic E-state index is 12.1. The number of nitrogens with one attached hydrogen (secondary N) is 1. The molecule has 0 unspecified atom stereocenters. The molecule has 144 valence electrons. The molecule has 2 rings (SSSR count). The molecular weight excluding hydrogens is 366 g/mol. The van der Waals surface area contributed by atoms with E-state index in [0.29, 0.717) is 19.3 Å². The SMILES string of the molecule is O=C(CS(=O)(=O)CCCc1ccccc1)NCCc1cccc(C(=O)O)c1. The van der Waals surface area contributed by atoms with Crippen molar-refractivity contribution >= 4 is 21.7 Å². The number of carboxylic acid groups (broad SMARTS) is 1. The number of benzene rings is 2. The zero-order chi connectivity index (χ0) is 19.7. The van der Waals surface area contributed by atoms with E-state index in [0.717, 1.165) is 11.1 Å². The molecule has 0 radical (unpaired) electrons. The molecule has 2 aromatic carbocycles. The number of sulfone groups is 1. The Morgan fingerprint density at radius 3 is 2.33 bits per heavy atom. The fourth-order valence-corrected chi connectivity index (χ4v) is 3.90. The van der Waals surface area contributed by atoms with Gasteiger partial charge < -0.3 is 10.4 Å². The van der Waals surface area contributed by atoms with Gasteiger partial charge in [0.05, 0.1) is 11.3 Å². The smallest absolute Gasteiger partial charge is 0.335 e. The minimum atomic E-state index is -3.45. The normalized spacial score (nSPS) is 11.1. The van der Waals surface area contributed by atoms with E-state index in [1.54, 1.807) is 12.1 Å². The summed E-state index contributed by atoms with van der Waals surface area (Å²) in [6.07, 6.45) is 1.56. The molecule has 0 heterocycles. The Morgan fingerprint density at radius 2 is 1.63 bits per heavy atom. The first-order valence-electron chi connectivity index (χ1n) is 8.69. The number of carbonyl (C=O) groups excluding carboxylic acids is 1. The molecule has 0 fully saturated rings. The lowest BCUT2D eigenvalue weighted by molar-refractivity contribution is -0.118. The lowest BCUT2D eigenvalue weighted by atomic mass is 10.1.